The average molecular weight is 307 g/mol. The van der Waals surface area contributed by atoms with Crippen molar-refractivity contribution >= 4 is 27.7 Å². The van der Waals surface area contributed by atoms with Gasteiger partial charge in [-0.05, 0) is 6.92 Å². The molecule has 1 aliphatic heterocycles. The Morgan fingerprint density at radius 2 is 2.05 bits per heavy atom. The lowest BCUT2D eigenvalue weighted by atomic mass is 10.1. The van der Waals surface area contributed by atoms with Gasteiger partial charge in [0.1, 0.15) is 6.04 Å². The smallest absolute Gasteiger partial charge is 0.312 e. The van der Waals surface area contributed by atoms with Crippen molar-refractivity contribution in [2.45, 2.75) is 25.4 Å². The Labute approximate surface area is 116 Å². The highest BCUT2D eigenvalue weighted by Gasteiger charge is 2.37. The van der Waals surface area contributed by atoms with Gasteiger partial charge in [-0.2, -0.15) is 0 Å². The van der Waals surface area contributed by atoms with Gasteiger partial charge in [0.05, 0.1) is 24.0 Å². The number of rotatable bonds is 4. The van der Waals surface area contributed by atoms with Crippen molar-refractivity contribution in [3.63, 3.8) is 0 Å². The van der Waals surface area contributed by atoms with Crippen LogP contribution in [-0.4, -0.2) is 66.5 Å². The number of nitrogens with zero attached hydrogens (tertiary/aromatic N) is 1. The number of carboxylic acid groups (broad SMARTS) is 1. The van der Waals surface area contributed by atoms with Gasteiger partial charge in [0.15, 0.2) is 9.84 Å². The molecule has 0 aromatic rings. The van der Waals surface area contributed by atoms with Crippen LogP contribution in [0.5, 0.6) is 0 Å². The molecule has 0 spiro atoms. The van der Waals surface area contributed by atoms with Crippen LogP contribution in [0.1, 0.15) is 13.3 Å². The van der Waals surface area contributed by atoms with Gasteiger partial charge >= 0.3 is 12.0 Å². The predicted octanol–water partition coefficient (Wildman–Crippen LogP) is -1.86. The minimum Gasteiger partial charge on any atom is -0.481 e. The Morgan fingerprint density at radius 3 is 2.55 bits per heavy atom. The topological polar surface area (TPSA) is 147 Å². The number of hydrogen-bond donors (Lipinski definition) is 3. The first-order valence-corrected chi connectivity index (χ1v) is 7.73. The number of aliphatic carboxylic acids is 1. The van der Waals surface area contributed by atoms with E-state index < -0.39 is 52.0 Å². The molecular formula is C10H17N3O6S. The van der Waals surface area contributed by atoms with E-state index in [0.29, 0.717) is 0 Å². The maximum atomic E-state index is 12.1. The van der Waals surface area contributed by atoms with E-state index >= 15 is 0 Å². The van der Waals surface area contributed by atoms with E-state index in [1.807, 2.05) is 0 Å². The summed E-state index contributed by atoms with van der Waals surface area (Å²) in [7, 11) is -3.36. The molecule has 20 heavy (non-hydrogen) atoms. The number of carbonyl (C=O) groups is 3. The number of hydrogen-bond acceptors (Lipinski definition) is 5. The second-order valence-electron chi connectivity index (χ2n) is 4.63. The Balaban J connectivity index is 2.87. The zero-order valence-corrected chi connectivity index (χ0v) is 11.7. The Morgan fingerprint density at radius 1 is 1.45 bits per heavy atom. The van der Waals surface area contributed by atoms with E-state index in [2.05, 4.69) is 5.32 Å². The number of carbonyl (C=O) groups excluding carboxylic acids is 2. The first kappa shape index (κ1) is 16.2. The molecule has 10 heteroatoms. The Kier molecular flexibility index (Phi) is 4.93. The number of nitrogens with one attached hydrogen (secondary N) is 1. The van der Waals surface area contributed by atoms with Crippen molar-refractivity contribution in [2.75, 3.05) is 18.1 Å². The van der Waals surface area contributed by atoms with E-state index in [9.17, 15) is 22.8 Å². The molecule has 0 saturated carbocycles. The summed E-state index contributed by atoms with van der Waals surface area (Å²) in [6.45, 7) is 1.30. The van der Waals surface area contributed by atoms with Crippen molar-refractivity contribution in [2.24, 2.45) is 5.73 Å². The quantitative estimate of drug-likeness (QED) is 0.555. The highest BCUT2D eigenvalue weighted by Crippen LogP contribution is 2.16. The lowest BCUT2D eigenvalue weighted by Gasteiger charge is -2.36. The van der Waals surface area contributed by atoms with Crippen LogP contribution in [0.4, 0.5) is 4.79 Å². The minimum absolute atomic E-state index is 0.0934. The van der Waals surface area contributed by atoms with E-state index in [4.69, 9.17) is 10.8 Å². The van der Waals surface area contributed by atoms with Crippen LogP contribution >= 0.6 is 0 Å². The van der Waals surface area contributed by atoms with Gasteiger partial charge in [-0.3, -0.25) is 9.59 Å². The molecule has 1 fully saturated rings. The van der Waals surface area contributed by atoms with Crippen LogP contribution in [0, 0.1) is 0 Å². The molecule has 0 radical (unpaired) electrons. The number of primary amides is 1. The average Bonchev–Trinajstić information content (AvgIpc) is 2.25. The second kappa shape index (κ2) is 6.07. The molecule has 0 aliphatic carbocycles. The zero-order chi connectivity index (χ0) is 15.5. The second-order valence-corrected chi connectivity index (χ2v) is 6.86. The standard InChI is InChI=1S/C10H17N3O6S/c1-6(12-10(11)17)9(16)13-2-3-20(18,19)5-7(13)4-8(14)15/h6-7H,2-5H2,1H3,(H,14,15)(H3,11,12,17). The molecule has 0 aromatic heterocycles. The molecule has 1 heterocycles. The fourth-order valence-electron chi connectivity index (χ4n) is 2.07. The Bertz CT molecular complexity index is 517. The normalized spacial score (nSPS) is 22.9. The SMILES string of the molecule is CC(NC(N)=O)C(=O)N1CCS(=O)(=O)CC1CC(=O)O. The first-order chi connectivity index (χ1) is 9.12. The van der Waals surface area contributed by atoms with Crippen molar-refractivity contribution < 1.29 is 27.9 Å². The number of carboxylic acids is 1. The summed E-state index contributed by atoms with van der Waals surface area (Å²) in [5.74, 6) is -2.36. The molecule has 0 bridgehead atoms. The molecule has 1 rings (SSSR count). The summed E-state index contributed by atoms with van der Waals surface area (Å²) in [6, 6.07) is -2.76. The molecule has 4 N–H and O–H groups in total. The van der Waals surface area contributed by atoms with Gasteiger partial charge < -0.3 is 21.1 Å². The largest absolute Gasteiger partial charge is 0.481 e. The molecule has 3 amide bonds. The monoisotopic (exact) mass is 307 g/mol. The van der Waals surface area contributed by atoms with E-state index in [-0.39, 0.29) is 12.3 Å². The van der Waals surface area contributed by atoms with Gasteiger partial charge in [0.2, 0.25) is 5.91 Å². The van der Waals surface area contributed by atoms with Gasteiger partial charge in [-0.25, -0.2) is 13.2 Å². The minimum atomic E-state index is -3.36. The summed E-state index contributed by atoms with van der Waals surface area (Å²) in [5, 5.41) is 11.0. The summed E-state index contributed by atoms with van der Waals surface area (Å²) in [4.78, 5) is 34.8. The third-order valence-corrected chi connectivity index (χ3v) is 4.65. The summed E-state index contributed by atoms with van der Waals surface area (Å²) in [6.07, 6.45) is -0.464. The molecule has 1 aliphatic rings. The van der Waals surface area contributed by atoms with E-state index in [0.717, 1.165) is 0 Å². The molecule has 2 atom stereocenters. The van der Waals surface area contributed by atoms with Crippen LogP contribution < -0.4 is 11.1 Å². The van der Waals surface area contributed by atoms with E-state index in [1.165, 1.54) is 11.8 Å². The van der Waals surface area contributed by atoms with Crippen LogP contribution in [-0.2, 0) is 19.4 Å². The molecule has 114 valence electrons. The van der Waals surface area contributed by atoms with Crippen LogP contribution in [0.3, 0.4) is 0 Å². The molecule has 1 saturated heterocycles. The number of amides is 3. The summed E-state index contributed by atoms with van der Waals surface area (Å²) in [5.41, 5.74) is 4.91. The lowest BCUT2D eigenvalue weighted by molar-refractivity contribution is -0.141. The summed E-state index contributed by atoms with van der Waals surface area (Å²) >= 11 is 0. The van der Waals surface area contributed by atoms with Crippen molar-refractivity contribution in [1.29, 1.82) is 0 Å². The van der Waals surface area contributed by atoms with Crippen molar-refractivity contribution in [3.8, 4) is 0 Å². The molecular weight excluding hydrogens is 290 g/mol. The zero-order valence-electron chi connectivity index (χ0n) is 10.9. The lowest BCUT2D eigenvalue weighted by Crippen LogP contribution is -2.57. The van der Waals surface area contributed by atoms with E-state index in [1.54, 1.807) is 0 Å². The fraction of sp³-hybridized carbons (Fsp3) is 0.700. The number of sulfone groups is 1. The Hall–Kier alpha value is -1.84. The first-order valence-electron chi connectivity index (χ1n) is 5.91. The molecule has 9 nitrogen and oxygen atoms in total. The molecule has 2 unspecified atom stereocenters. The predicted molar refractivity (Wildman–Crippen MR) is 68.6 cm³/mol. The highest BCUT2D eigenvalue weighted by molar-refractivity contribution is 7.91. The molecule has 0 aromatic carbocycles. The highest BCUT2D eigenvalue weighted by atomic mass is 32.2. The van der Waals surface area contributed by atoms with Gasteiger partial charge in [-0.15, -0.1) is 0 Å². The van der Waals surface area contributed by atoms with Crippen molar-refractivity contribution in [3.05, 3.63) is 0 Å². The fourth-order valence-corrected chi connectivity index (χ4v) is 3.60. The van der Waals surface area contributed by atoms with Gasteiger partial charge in [-0.1, -0.05) is 0 Å². The maximum absolute atomic E-state index is 12.1. The van der Waals surface area contributed by atoms with Gasteiger partial charge in [0.25, 0.3) is 0 Å². The number of nitrogens with two attached hydrogens (primary N) is 1. The van der Waals surface area contributed by atoms with Gasteiger partial charge in [0, 0.05) is 6.54 Å². The third kappa shape index (κ3) is 4.37. The van der Waals surface area contributed by atoms with Crippen LogP contribution in [0.25, 0.3) is 0 Å². The maximum Gasteiger partial charge on any atom is 0.312 e. The van der Waals surface area contributed by atoms with Crippen molar-refractivity contribution in [1.82, 2.24) is 10.2 Å². The summed E-state index contributed by atoms with van der Waals surface area (Å²) < 4.78 is 23.1. The third-order valence-electron chi connectivity index (χ3n) is 2.95. The number of urea groups is 1. The van der Waals surface area contributed by atoms with Crippen LogP contribution in [0.15, 0.2) is 0 Å². The van der Waals surface area contributed by atoms with Crippen LogP contribution in [0.2, 0.25) is 0 Å².